The SMILES string of the molecule is CN=C1CCC/C1=C(/Cc1cccc(C)n1)c1cc2cnccc2s1. The number of aryl methyl sites for hydroxylation is 1. The lowest BCUT2D eigenvalue weighted by molar-refractivity contribution is 0.943. The van der Waals surface area contributed by atoms with Crippen LogP contribution in [0.1, 0.15) is 35.5 Å². The van der Waals surface area contributed by atoms with E-state index in [1.54, 1.807) is 0 Å². The fourth-order valence-electron chi connectivity index (χ4n) is 3.55. The van der Waals surface area contributed by atoms with E-state index in [2.05, 4.69) is 47.2 Å². The quantitative estimate of drug-likeness (QED) is 0.649. The van der Waals surface area contributed by atoms with Crippen molar-refractivity contribution >= 4 is 32.7 Å². The number of allylic oxidation sites excluding steroid dienone is 2. The van der Waals surface area contributed by atoms with Crippen molar-refractivity contribution in [3.05, 3.63) is 64.6 Å². The Morgan fingerprint density at radius 2 is 2.16 bits per heavy atom. The van der Waals surface area contributed by atoms with Crippen LogP contribution in [0.25, 0.3) is 15.7 Å². The van der Waals surface area contributed by atoms with Crippen LogP contribution < -0.4 is 0 Å². The van der Waals surface area contributed by atoms with Gasteiger partial charge in [-0.05, 0) is 61.6 Å². The molecule has 0 unspecified atom stereocenters. The van der Waals surface area contributed by atoms with Crippen molar-refractivity contribution in [1.82, 2.24) is 9.97 Å². The zero-order valence-electron chi connectivity index (χ0n) is 14.6. The van der Waals surface area contributed by atoms with Crippen LogP contribution >= 0.6 is 11.3 Å². The normalized spacial score (nSPS) is 18.2. The third-order valence-electron chi connectivity index (χ3n) is 4.74. The van der Waals surface area contributed by atoms with Gasteiger partial charge in [-0.25, -0.2) is 0 Å². The maximum absolute atomic E-state index is 4.73. The van der Waals surface area contributed by atoms with E-state index in [4.69, 9.17) is 4.98 Å². The molecule has 0 spiro atoms. The second-order valence-corrected chi connectivity index (χ2v) is 7.54. The predicted molar refractivity (Wildman–Crippen MR) is 106 cm³/mol. The standard InChI is InChI=1S/C21H21N3S/c1-14-5-3-6-16(24-14)12-18(17-7-4-8-19(17)22-2)21-11-15-13-23-10-9-20(15)25-21/h3,5-6,9-11,13H,4,7-8,12H2,1-2H3/b18-17+,22-19?. The first kappa shape index (κ1) is 16.2. The van der Waals surface area contributed by atoms with Gasteiger partial charge in [-0.2, -0.15) is 0 Å². The van der Waals surface area contributed by atoms with Gasteiger partial charge in [-0.15, -0.1) is 11.3 Å². The summed E-state index contributed by atoms with van der Waals surface area (Å²) in [5, 5.41) is 1.21. The summed E-state index contributed by atoms with van der Waals surface area (Å²) in [5.74, 6) is 0. The number of hydrogen-bond acceptors (Lipinski definition) is 4. The van der Waals surface area contributed by atoms with E-state index in [0.717, 1.165) is 30.7 Å². The number of pyridine rings is 2. The molecule has 3 heterocycles. The Morgan fingerprint density at radius 1 is 1.24 bits per heavy atom. The lowest BCUT2D eigenvalue weighted by atomic mass is 9.98. The molecule has 1 aliphatic carbocycles. The minimum absolute atomic E-state index is 0.857. The molecule has 0 bridgehead atoms. The molecule has 1 fully saturated rings. The molecule has 0 amide bonds. The molecule has 1 aliphatic rings. The topological polar surface area (TPSA) is 38.1 Å². The van der Waals surface area contributed by atoms with Gasteiger partial charge in [-0.1, -0.05) is 6.07 Å². The number of rotatable bonds is 3. The number of nitrogens with zero attached hydrogens (tertiary/aromatic N) is 3. The number of hydrogen-bond donors (Lipinski definition) is 0. The number of fused-ring (bicyclic) bond motifs is 1. The Hall–Kier alpha value is -2.33. The zero-order valence-corrected chi connectivity index (χ0v) is 15.4. The van der Waals surface area contributed by atoms with Gasteiger partial charge >= 0.3 is 0 Å². The van der Waals surface area contributed by atoms with Crippen LogP contribution in [0.5, 0.6) is 0 Å². The van der Waals surface area contributed by atoms with E-state index in [1.807, 2.05) is 30.8 Å². The minimum atomic E-state index is 0.857. The third-order valence-corrected chi connectivity index (χ3v) is 5.92. The van der Waals surface area contributed by atoms with Gasteiger partial charge in [0.15, 0.2) is 0 Å². The smallest absolute Gasteiger partial charge is 0.0451 e. The molecular weight excluding hydrogens is 326 g/mol. The summed E-state index contributed by atoms with van der Waals surface area (Å²) >= 11 is 1.85. The summed E-state index contributed by atoms with van der Waals surface area (Å²) in [5.41, 5.74) is 6.26. The first-order valence-corrected chi connectivity index (χ1v) is 9.51. The van der Waals surface area contributed by atoms with Crippen LogP contribution in [-0.2, 0) is 6.42 Å². The second kappa shape index (κ2) is 6.89. The van der Waals surface area contributed by atoms with Crippen LogP contribution in [-0.4, -0.2) is 22.7 Å². The van der Waals surface area contributed by atoms with Crippen LogP contribution in [0.4, 0.5) is 0 Å². The molecule has 3 nitrogen and oxygen atoms in total. The van der Waals surface area contributed by atoms with Gasteiger partial charge in [0.2, 0.25) is 0 Å². The van der Waals surface area contributed by atoms with Crippen molar-refractivity contribution in [3.63, 3.8) is 0 Å². The summed E-state index contributed by atoms with van der Waals surface area (Å²) in [6, 6.07) is 10.6. The first-order valence-electron chi connectivity index (χ1n) is 8.69. The van der Waals surface area contributed by atoms with Gasteiger partial charge in [0.25, 0.3) is 0 Å². The van der Waals surface area contributed by atoms with E-state index >= 15 is 0 Å². The van der Waals surface area contributed by atoms with Gasteiger partial charge in [0.1, 0.15) is 0 Å². The van der Waals surface area contributed by atoms with E-state index < -0.39 is 0 Å². The average molecular weight is 347 g/mol. The minimum Gasteiger partial charge on any atom is -0.293 e. The highest BCUT2D eigenvalue weighted by molar-refractivity contribution is 7.20. The maximum Gasteiger partial charge on any atom is 0.0451 e. The molecule has 25 heavy (non-hydrogen) atoms. The van der Waals surface area contributed by atoms with Crippen molar-refractivity contribution in [2.24, 2.45) is 4.99 Å². The molecule has 0 radical (unpaired) electrons. The summed E-state index contributed by atoms with van der Waals surface area (Å²) in [7, 11) is 1.91. The third kappa shape index (κ3) is 3.27. The predicted octanol–water partition coefficient (Wildman–Crippen LogP) is 5.25. The summed E-state index contributed by atoms with van der Waals surface area (Å²) in [4.78, 5) is 14.9. The van der Waals surface area contributed by atoms with E-state index in [-0.39, 0.29) is 0 Å². The molecule has 3 aromatic rings. The lowest BCUT2D eigenvalue weighted by Crippen LogP contribution is -2.02. The first-order chi connectivity index (χ1) is 12.2. The van der Waals surface area contributed by atoms with Crippen molar-refractivity contribution < 1.29 is 0 Å². The van der Waals surface area contributed by atoms with Crippen LogP contribution in [0, 0.1) is 6.92 Å². The number of aliphatic imine (C=N–C) groups is 1. The molecule has 1 saturated carbocycles. The molecule has 0 atom stereocenters. The van der Waals surface area contributed by atoms with Crippen LogP contribution in [0.3, 0.4) is 0 Å². The lowest BCUT2D eigenvalue weighted by Gasteiger charge is -2.11. The Kier molecular flexibility index (Phi) is 4.45. The molecule has 4 rings (SSSR count). The van der Waals surface area contributed by atoms with Crippen molar-refractivity contribution in [2.45, 2.75) is 32.6 Å². The van der Waals surface area contributed by atoms with Crippen molar-refractivity contribution in [1.29, 1.82) is 0 Å². The average Bonchev–Trinajstić information content (AvgIpc) is 3.26. The van der Waals surface area contributed by atoms with Crippen molar-refractivity contribution in [3.8, 4) is 0 Å². The molecule has 0 N–H and O–H groups in total. The van der Waals surface area contributed by atoms with Gasteiger partial charge in [-0.3, -0.25) is 15.0 Å². The number of aromatic nitrogens is 2. The van der Waals surface area contributed by atoms with Crippen LogP contribution in [0.15, 0.2) is 53.3 Å². The molecular formula is C21H21N3S. The Morgan fingerprint density at radius 3 is 2.96 bits per heavy atom. The largest absolute Gasteiger partial charge is 0.293 e. The molecule has 3 aromatic heterocycles. The molecule has 0 saturated heterocycles. The van der Waals surface area contributed by atoms with Gasteiger partial charge in [0.05, 0.1) is 0 Å². The highest BCUT2D eigenvalue weighted by Gasteiger charge is 2.22. The summed E-state index contributed by atoms with van der Waals surface area (Å²) < 4.78 is 1.29. The van der Waals surface area contributed by atoms with E-state index in [0.29, 0.717) is 0 Å². The molecule has 4 heteroatoms. The highest BCUT2D eigenvalue weighted by Crippen LogP contribution is 2.37. The summed E-state index contributed by atoms with van der Waals surface area (Å²) in [6.45, 7) is 2.05. The van der Waals surface area contributed by atoms with Gasteiger partial charge < -0.3 is 0 Å². The van der Waals surface area contributed by atoms with E-state index in [9.17, 15) is 0 Å². The number of thiophene rings is 1. The fourth-order valence-corrected chi connectivity index (χ4v) is 4.65. The maximum atomic E-state index is 4.73. The second-order valence-electron chi connectivity index (χ2n) is 6.45. The molecule has 126 valence electrons. The fraction of sp³-hybridized carbons (Fsp3) is 0.286. The Balaban J connectivity index is 1.85. The van der Waals surface area contributed by atoms with E-state index in [1.165, 1.54) is 38.2 Å². The monoisotopic (exact) mass is 347 g/mol. The summed E-state index contributed by atoms with van der Waals surface area (Å²) in [6.07, 6.45) is 8.07. The van der Waals surface area contributed by atoms with Gasteiger partial charge in [0, 0.05) is 57.9 Å². The van der Waals surface area contributed by atoms with Crippen molar-refractivity contribution in [2.75, 3.05) is 7.05 Å². The van der Waals surface area contributed by atoms with Crippen LogP contribution in [0.2, 0.25) is 0 Å². The Labute approximate surface area is 152 Å². The highest BCUT2D eigenvalue weighted by atomic mass is 32.1. The molecule has 0 aliphatic heterocycles. The zero-order chi connectivity index (χ0) is 17.2. The Bertz CT molecular complexity index is 948. The molecule has 0 aromatic carbocycles.